The molecular weight excluding hydrogens is 414 g/mol. The average molecular weight is 442 g/mol. The first-order valence-corrected chi connectivity index (χ1v) is 11.6. The van der Waals surface area contributed by atoms with E-state index in [0.29, 0.717) is 31.3 Å². The molecule has 0 aliphatic carbocycles. The molecular formula is C18H27N5O6S. The highest BCUT2D eigenvalue weighted by Gasteiger charge is 2.27. The lowest BCUT2D eigenvalue weighted by Crippen LogP contribution is -2.44. The summed E-state index contributed by atoms with van der Waals surface area (Å²) in [6.07, 6.45) is 1.07. The molecule has 2 aliphatic heterocycles. The normalized spacial score (nSPS) is 18.0. The molecule has 3 rings (SSSR count). The quantitative estimate of drug-likeness (QED) is 0.396. The van der Waals surface area contributed by atoms with E-state index >= 15 is 0 Å². The summed E-state index contributed by atoms with van der Waals surface area (Å²) in [5, 5.41) is 0. The van der Waals surface area contributed by atoms with E-state index in [1.165, 1.54) is 0 Å². The van der Waals surface area contributed by atoms with Crippen LogP contribution in [0.1, 0.15) is 25.1 Å². The number of piperidine rings is 1. The first kappa shape index (κ1) is 22.4. The predicted octanol–water partition coefficient (Wildman–Crippen LogP) is -0.541. The summed E-state index contributed by atoms with van der Waals surface area (Å²) in [4.78, 5) is 35.3. The molecule has 11 nitrogen and oxygen atoms in total. The molecule has 30 heavy (non-hydrogen) atoms. The molecule has 2 fully saturated rings. The van der Waals surface area contributed by atoms with E-state index in [0.717, 1.165) is 23.8 Å². The fourth-order valence-corrected chi connectivity index (χ4v) is 4.20. The van der Waals surface area contributed by atoms with E-state index < -0.39 is 10.0 Å². The Morgan fingerprint density at radius 2 is 1.87 bits per heavy atom. The lowest BCUT2D eigenvalue weighted by Gasteiger charge is -2.28. The minimum Gasteiger partial charge on any atom is -0.476 e. The van der Waals surface area contributed by atoms with Gasteiger partial charge in [-0.15, -0.1) is 0 Å². The number of imide groups is 1. The van der Waals surface area contributed by atoms with Gasteiger partial charge in [-0.25, -0.2) is 18.1 Å². The number of likely N-dealkylation sites (tertiary alicyclic amines) is 1. The van der Waals surface area contributed by atoms with Crippen LogP contribution in [0.25, 0.3) is 0 Å². The number of hydrogen-bond acceptors (Lipinski definition) is 9. The van der Waals surface area contributed by atoms with Gasteiger partial charge in [-0.2, -0.15) is 4.98 Å². The van der Waals surface area contributed by atoms with Crippen molar-refractivity contribution in [1.82, 2.24) is 19.6 Å². The van der Waals surface area contributed by atoms with Crippen LogP contribution in [-0.2, 0) is 24.3 Å². The van der Waals surface area contributed by atoms with Gasteiger partial charge in [0.1, 0.15) is 18.2 Å². The number of aromatic nitrogens is 2. The van der Waals surface area contributed by atoms with Crippen molar-refractivity contribution in [2.45, 2.75) is 26.2 Å². The molecule has 0 bridgehead atoms. The molecule has 2 saturated heterocycles. The van der Waals surface area contributed by atoms with Crippen LogP contribution in [0.5, 0.6) is 5.88 Å². The molecule has 2 aliphatic rings. The topological polar surface area (TPSA) is 131 Å². The zero-order valence-corrected chi connectivity index (χ0v) is 17.8. The summed E-state index contributed by atoms with van der Waals surface area (Å²) in [5.41, 5.74) is 0. The van der Waals surface area contributed by atoms with E-state index in [2.05, 4.69) is 19.6 Å². The Hall–Kier alpha value is -2.31. The molecule has 0 spiro atoms. The number of sulfonamides is 1. The van der Waals surface area contributed by atoms with Crippen molar-refractivity contribution in [3.63, 3.8) is 0 Å². The van der Waals surface area contributed by atoms with Crippen molar-refractivity contribution >= 4 is 27.7 Å². The maximum absolute atomic E-state index is 12.2. The van der Waals surface area contributed by atoms with Crippen LogP contribution in [0.2, 0.25) is 0 Å². The van der Waals surface area contributed by atoms with Gasteiger partial charge in [0.2, 0.25) is 27.7 Å². The third-order valence-corrected chi connectivity index (χ3v) is 6.14. The Morgan fingerprint density at radius 3 is 2.57 bits per heavy atom. The molecule has 1 aromatic heterocycles. The van der Waals surface area contributed by atoms with Crippen LogP contribution in [0.4, 0.5) is 5.82 Å². The number of anilines is 1. The second-order valence-electron chi connectivity index (χ2n) is 7.07. The summed E-state index contributed by atoms with van der Waals surface area (Å²) in [6.45, 7) is 4.49. The maximum Gasteiger partial charge on any atom is 0.229 e. The fraction of sp³-hybridized carbons (Fsp3) is 0.667. The molecule has 0 saturated carbocycles. The third kappa shape index (κ3) is 6.34. The predicted molar refractivity (Wildman–Crippen MR) is 108 cm³/mol. The molecule has 1 aromatic rings. The lowest BCUT2D eigenvalue weighted by atomic mass is 10.1. The molecule has 3 heterocycles. The number of carbonyl (C=O) groups excluding carboxylic acids is 2. The number of hydrogen-bond donors (Lipinski definition) is 1. The minimum atomic E-state index is -3.65. The van der Waals surface area contributed by atoms with Gasteiger partial charge in [0.05, 0.1) is 19.0 Å². The fourth-order valence-electron chi connectivity index (χ4n) is 3.24. The van der Waals surface area contributed by atoms with E-state index in [1.807, 2.05) is 0 Å². The highest BCUT2D eigenvalue weighted by molar-refractivity contribution is 7.89. The summed E-state index contributed by atoms with van der Waals surface area (Å²) in [7, 11) is -3.65. The Labute approximate surface area is 175 Å². The van der Waals surface area contributed by atoms with Crippen molar-refractivity contribution in [3.05, 3.63) is 11.9 Å². The Morgan fingerprint density at radius 1 is 1.17 bits per heavy atom. The molecule has 0 atom stereocenters. The third-order valence-electron chi connectivity index (χ3n) is 4.78. The van der Waals surface area contributed by atoms with Crippen LogP contribution < -0.4 is 14.4 Å². The van der Waals surface area contributed by atoms with E-state index in [-0.39, 0.29) is 50.1 Å². The number of ether oxygens (including phenoxy) is 2. The highest BCUT2D eigenvalue weighted by atomic mass is 32.2. The van der Waals surface area contributed by atoms with Crippen molar-refractivity contribution in [3.8, 4) is 5.88 Å². The van der Waals surface area contributed by atoms with E-state index in [4.69, 9.17) is 9.47 Å². The van der Waals surface area contributed by atoms with E-state index in [1.54, 1.807) is 13.0 Å². The highest BCUT2D eigenvalue weighted by Crippen LogP contribution is 2.18. The first-order valence-electron chi connectivity index (χ1n) is 9.96. The molecule has 0 aromatic carbocycles. The van der Waals surface area contributed by atoms with Crippen LogP contribution >= 0.6 is 0 Å². The van der Waals surface area contributed by atoms with Crippen LogP contribution in [-0.4, -0.2) is 86.9 Å². The van der Waals surface area contributed by atoms with Gasteiger partial charge in [0.15, 0.2) is 0 Å². The molecule has 1 N–H and O–H groups in total. The van der Waals surface area contributed by atoms with Crippen LogP contribution in [0, 0.1) is 6.92 Å². The summed E-state index contributed by atoms with van der Waals surface area (Å²) in [6, 6.07) is 1.72. The number of morpholine rings is 1. The van der Waals surface area contributed by atoms with Gasteiger partial charge >= 0.3 is 0 Å². The number of rotatable bonds is 9. The number of aryl methyl sites for hydroxylation is 1. The van der Waals surface area contributed by atoms with Gasteiger partial charge in [-0.05, 0) is 13.3 Å². The van der Waals surface area contributed by atoms with Gasteiger partial charge in [-0.3, -0.25) is 14.5 Å². The van der Waals surface area contributed by atoms with Gasteiger partial charge < -0.3 is 14.4 Å². The summed E-state index contributed by atoms with van der Waals surface area (Å²) < 4.78 is 37.7. The van der Waals surface area contributed by atoms with Crippen LogP contribution in [0.3, 0.4) is 0 Å². The summed E-state index contributed by atoms with van der Waals surface area (Å²) in [5.74, 6) is 0.702. The minimum absolute atomic E-state index is 0.0418. The molecule has 2 amide bonds. The van der Waals surface area contributed by atoms with Crippen molar-refractivity contribution in [1.29, 1.82) is 0 Å². The second kappa shape index (κ2) is 10.1. The second-order valence-corrected chi connectivity index (χ2v) is 8.99. The zero-order chi connectivity index (χ0) is 21.6. The SMILES string of the molecule is Cc1nc(OCCNS(=O)(=O)CCN2C(=O)CCCC2=O)cc(N2CCOCC2)n1. The molecule has 12 heteroatoms. The smallest absolute Gasteiger partial charge is 0.229 e. The van der Waals surface area contributed by atoms with Gasteiger partial charge in [0.25, 0.3) is 0 Å². The monoisotopic (exact) mass is 441 g/mol. The number of carbonyl (C=O) groups is 2. The molecule has 0 unspecified atom stereocenters. The standard InChI is InChI=1S/C18H27N5O6S/c1-14-20-15(22-6-10-28-11-7-22)13-16(21-14)29-9-5-19-30(26,27)12-8-23-17(24)3-2-4-18(23)25/h13,19H,2-12H2,1H3. The van der Waals surface area contributed by atoms with E-state index in [9.17, 15) is 18.0 Å². The average Bonchev–Trinajstić information content (AvgIpc) is 2.71. The Kier molecular flexibility index (Phi) is 7.56. The number of amides is 2. The zero-order valence-electron chi connectivity index (χ0n) is 17.0. The molecule has 0 radical (unpaired) electrons. The van der Waals surface area contributed by atoms with Crippen molar-refractivity contribution < 1.29 is 27.5 Å². The van der Waals surface area contributed by atoms with Crippen molar-refractivity contribution in [2.24, 2.45) is 0 Å². The largest absolute Gasteiger partial charge is 0.476 e. The first-order chi connectivity index (χ1) is 14.3. The van der Waals surface area contributed by atoms with Gasteiger partial charge in [-0.1, -0.05) is 0 Å². The molecule has 166 valence electrons. The van der Waals surface area contributed by atoms with Crippen LogP contribution in [0.15, 0.2) is 6.07 Å². The van der Waals surface area contributed by atoms with Gasteiger partial charge in [0, 0.05) is 45.1 Å². The number of nitrogens with zero attached hydrogens (tertiary/aromatic N) is 4. The summed E-state index contributed by atoms with van der Waals surface area (Å²) >= 11 is 0. The Bertz CT molecular complexity index is 856. The lowest BCUT2D eigenvalue weighted by molar-refractivity contribution is -0.147. The Balaban J connectivity index is 1.45. The maximum atomic E-state index is 12.2. The number of nitrogens with one attached hydrogen (secondary N) is 1. The van der Waals surface area contributed by atoms with Crippen molar-refractivity contribution in [2.75, 3.05) is 56.7 Å².